The van der Waals surface area contributed by atoms with Gasteiger partial charge in [-0.05, 0) is 49.1 Å². The number of amides is 2. The van der Waals surface area contributed by atoms with Crippen LogP contribution in [-0.4, -0.2) is 22.4 Å². The van der Waals surface area contributed by atoms with E-state index in [2.05, 4.69) is 33.4 Å². The lowest BCUT2D eigenvalue weighted by atomic mass is 9.65. The maximum absolute atomic E-state index is 13.2. The van der Waals surface area contributed by atoms with Gasteiger partial charge in [0, 0.05) is 40.6 Å². The first kappa shape index (κ1) is 19.9. The summed E-state index contributed by atoms with van der Waals surface area (Å²) in [6, 6.07) is 17.9. The highest BCUT2D eigenvalue weighted by Crippen LogP contribution is 2.50. The number of hydrogen-bond acceptors (Lipinski definition) is 4. The van der Waals surface area contributed by atoms with Crippen LogP contribution in [0, 0.1) is 11.3 Å². The Morgan fingerprint density at radius 1 is 1.10 bits per heavy atom. The van der Waals surface area contributed by atoms with Crippen LogP contribution in [0.3, 0.4) is 0 Å². The summed E-state index contributed by atoms with van der Waals surface area (Å²) in [4.78, 5) is 32.9. The number of piperidine rings is 1. The molecule has 2 heterocycles. The molecule has 2 amide bonds. The summed E-state index contributed by atoms with van der Waals surface area (Å²) in [5.41, 5.74) is 2.66. The van der Waals surface area contributed by atoms with Gasteiger partial charge in [-0.2, -0.15) is 0 Å². The van der Waals surface area contributed by atoms with Gasteiger partial charge in [-0.3, -0.25) is 19.9 Å². The molecule has 1 spiro atoms. The molecule has 1 saturated heterocycles. The molecule has 2 aromatic rings. The zero-order chi connectivity index (χ0) is 21.4. The standard InChI is InChI=1S/C25H22BrN3O2/c26-18-8-10-19(11-9-18)27-22-7-4-13-25(22)21-12-14-29(15-17-5-2-1-3-6-17)16-20(21)23(30)28-24(25)31/h1-3,5-6,8-12,14,16,21H,4,7,13,15H2,(H,28,30,31). The van der Waals surface area contributed by atoms with Gasteiger partial charge < -0.3 is 4.90 Å². The van der Waals surface area contributed by atoms with Crippen LogP contribution in [-0.2, 0) is 16.1 Å². The molecule has 1 N–H and O–H groups in total. The average molecular weight is 476 g/mol. The summed E-state index contributed by atoms with van der Waals surface area (Å²) in [6.07, 6.45) is 8.20. The molecule has 0 aromatic heterocycles. The summed E-state index contributed by atoms with van der Waals surface area (Å²) in [5, 5.41) is 2.63. The fraction of sp³-hybridized carbons (Fsp3) is 0.240. The Morgan fingerprint density at radius 3 is 2.65 bits per heavy atom. The molecule has 156 valence electrons. The van der Waals surface area contributed by atoms with Gasteiger partial charge in [0.25, 0.3) is 5.91 Å². The van der Waals surface area contributed by atoms with Crippen molar-refractivity contribution in [3.8, 4) is 0 Å². The second-order valence-corrected chi connectivity index (χ2v) is 9.12. The van der Waals surface area contributed by atoms with E-state index in [9.17, 15) is 9.59 Å². The smallest absolute Gasteiger partial charge is 0.255 e. The first-order valence-corrected chi connectivity index (χ1v) is 11.2. The molecule has 5 nitrogen and oxygen atoms in total. The maximum Gasteiger partial charge on any atom is 0.255 e. The molecule has 31 heavy (non-hydrogen) atoms. The molecule has 2 aromatic carbocycles. The second kappa shape index (κ2) is 7.93. The highest BCUT2D eigenvalue weighted by atomic mass is 79.9. The highest BCUT2D eigenvalue weighted by molar-refractivity contribution is 9.10. The predicted octanol–water partition coefficient (Wildman–Crippen LogP) is 4.88. The van der Waals surface area contributed by atoms with E-state index in [0.29, 0.717) is 18.5 Å². The van der Waals surface area contributed by atoms with Crippen molar-refractivity contribution in [2.45, 2.75) is 25.8 Å². The number of fused-ring (bicyclic) bond motifs is 2. The number of carbonyl (C=O) groups excluding carboxylic acids is 2. The van der Waals surface area contributed by atoms with Crippen molar-refractivity contribution in [1.29, 1.82) is 0 Å². The van der Waals surface area contributed by atoms with Crippen LogP contribution < -0.4 is 5.32 Å². The third-order valence-electron chi connectivity index (χ3n) is 6.33. The first-order valence-electron chi connectivity index (χ1n) is 10.5. The normalized spacial score (nSPS) is 26.2. The van der Waals surface area contributed by atoms with Crippen molar-refractivity contribution in [3.63, 3.8) is 0 Å². The molecule has 0 radical (unpaired) electrons. The van der Waals surface area contributed by atoms with E-state index >= 15 is 0 Å². The number of benzene rings is 2. The third kappa shape index (κ3) is 3.55. The van der Waals surface area contributed by atoms with Crippen LogP contribution in [0.25, 0.3) is 0 Å². The van der Waals surface area contributed by atoms with E-state index in [1.807, 2.05) is 65.8 Å². The van der Waals surface area contributed by atoms with Gasteiger partial charge >= 0.3 is 0 Å². The Hall–Kier alpha value is -2.99. The summed E-state index contributed by atoms with van der Waals surface area (Å²) >= 11 is 3.45. The molecular formula is C25H22BrN3O2. The number of nitrogens with zero attached hydrogens (tertiary/aromatic N) is 2. The summed E-state index contributed by atoms with van der Waals surface area (Å²) in [5.74, 6) is -0.829. The molecule has 3 aliphatic rings. The Balaban J connectivity index is 1.50. The highest BCUT2D eigenvalue weighted by Gasteiger charge is 2.57. The Labute approximate surface area is 189 Å². The average Bonchev–Trinajstić information content (AvgIpc) is 3.19. The van der Waals surface area contributed by atoms with Gasteiger partial charge in [0.05, 0.1) is 11.1 Å². The van der Waals surface area contributed by atoms with Crippen molar-refractivity contribution in [2.75, 3.05) is 0 Å². The van der Waals surface area contributed by atoms with Crippen molar-refractivity contribution in [1.82, 2.24) is 10.2 Å². The topological polar surface area (TPSA) is 61.8 Å². The van der Waals surface area contributed by atoms with Crippen molar-refractivity contribution < 1.29 is 9.59 Å². The minimum Gasteiger partial charge on any atom is -0.350 e. The van der Waals surface area contributed by atoms with Gasteiger partial charge in [0.15, 0.2) is 0 Å². The van der Waals surface area contributed by atoms with Crippen LogP contribution in [0.4, 0.5) is 5.69 Å². The predicted molar refractivity (Wildman–Crippen MR) is 123 cm³/mol. The molecule has 1 saturated carbocycles. The largest absolute Gasteiger partial charge is 0.350 e. The number of hydrogen-bond donors (Lipinski definition) is 1. The fourth-order valence-electron chi connectivity index (χ4n) is 4.86. The lowest BCUT2D eigenvalue weighted by Crippen LogP contribution is -2.57. The summed E-state index contributed by atoms with van der Waals surface area (Å²) in [6.45, 7) is 0.668. The molecule has 2 unspecified atom stereocenters. The fourth-order valence-corrected chi connectivity index (χ4v) is 5.13. The second-order valence-electron chi connectivity index (χ2n) is 8.20. The minimum absolute atomic E-state index is 0.228. The zero-order valence-corrected chi connectivity index (χ0v) is 18.5. The SMILES string of the molecule is O=C1NC(=O)C2(CCCC2=Nc2ccc(Br)cc2)C2C=CN(Cc3ccccc3)C=C12. The van der Waals surface area contributed by atoms with Crippen LogP contribution in [0.5, 0.6) is 0 Å². The van der Waals surface area contributed by atoms with E-state index < -0.39 is 5.41 Å². The number of allylic oxidation sites excluding steroid dienone is 1. The molecule has 5 rings (SSSR count). The first-order chi connectivity index (χ1) is 15.1. The molecule has 0 bridgehead atoms. The quantitative estimate of drug-likeness (QED) is 0.643. The number of halogens is 1. The van der Waals surface area contributed by atoms with Crippen molar-refractivity contribution in [2.24, 2.45) is 16.3 Å². The maximum atomic E-state index is 13.2. The molecule has 2 fully saturated rings. The molecule has 2 atom stereocenters. The van der Waals surface area contributed by atoms with Crippen LogP contribution in [0.1, 0.15) is 24.8 Å². The van der Waals surface area contributed by atoms with Crippen molar-refractivity contribution in [3.05, 3.63) is 88.7 Å². The van der Waals surface area contributed by atoms with Crippen LogP contribution in [0.2, 0.25) is 0 Å². The number of carbonyl (C=O) groups is 2. The zero-order valence-electron chi connectivity index (χ0n) is 16.9. The Bertz CT molecular complexity index is 1120. The molecule has 6 heteroatoms. The number of aliphatic imine (C=N–C) groups is 1. The Kier molecular flexibility index (Phi) is 5.10. The van der Waals surface area contributed by atoms with E-state index in [1.165, 1.54) is 0 Å². The minimum atomic E-state index is -0.803. The summed E-state index contributed by atoms with van der Waals surface area (Å²) in [7, 11) is 0. The van der Waals surface area contributed by atoms with Crippen molar-refractivity contribution >= 4 is 39.1 Å². The monoisotopic (exact) mass is 475 g/mol. The summed E-state index contributed by atoms with van der Waals surface area (Å²) < 4.78 is 0.984. The van der Waals surface area contributed by atoms with Gasteiger partial charge in [-0.15, -0.1) is 0 Å². The molecule has 2 aliphatic heterocycles. The Morgan fingerprint density at radius 2 is 1.87 bits per heavy atom. The third-order valence-corrected chi connectivity index (χ3v) is 6.86. The molecular weight excluding hydrogens is 454 g/mol. The van der Waals surface area contributed by atoms with Gasteiger partial charge in [0.2, 0.25) is 5.91 Å². The number of rotatable bonds is 3. The van der Waals surface area contributed by atoms with E-state index in [1.54, 1.807) is 0 Å². The lowest BCUT2D eigenvalue weighted by molar-refractivity contribution is -0.137. The van der Waals surface area contributed by atoms with Gasteiger partial charge in [0.1, 0.15) is 0 Å². The van der Waals surface area contributed by atoms with E-state index in [0.717, 1.165) is 34.3 Å². The van der Waals surface area contributed by atoms with E-state index in [4.69, 9.17) is 4.99 Å². The number of nitrogens with one attached hydrogen (secondary N) is 1. The van der Waals surface area contributed by atoms with E-state index in [-0.39, 0.29) is 17.7 Å². The van der Waals surface area contributed by atoms with Gasteiger partial charge in [-0.1, -0.05) is 52.3 Å². The molecule has 1 aliphatic carbocycles. The number of imide groups is 1. The van der Waals surface area contributed by atoms with Gasteiger partial charge in [-0.25, -0.2) is 0 Å². The lowest BCUT2D eigenvalue weighted by Gasteiger charge is -2.42. The van der Waals surface area contributed by atoms with Crippen LogP contribution >= 0.6 is 15.9 Å². The van der Waals surface area contributed by atoms with Crippen LogP contribution in [0.15, 0.2) is 88.1 Å².